The second kappa shape index (κ2) is 8.56. The molecular weight excluding hydrogens is 306 g/mol. The molecule has 0 saturated carbocycles. The molecule has 0 heterocycles. The molecule has 1 atom stereocenters. The molecule has 19 heavy (non-hydrogen) atoms. The van der Waals surface area contributed by atoms with E-state index < -0.39 is 0 Å². The van der Waals surface area contributed by atoms with Crippen molar-refractivity contribution in [3.05, 3.63) is 28.2 Å². The quantitative estimate of drug-likeness (QED) is 0.790. The van der Waals surface area contributed by atoms with Crippen LogP contribution in [0.25, 0.3) is 0 Å². The molecule has 0 spiro atoms. The van der Waals surface area contributed by atoms with E-state index in [2.05, 4.69) is 41.2 Å². The summed E-state index contributed by atoms with van der Waals surface area (Å²) in [7, 11) is 1.70. The maximum absolute atomic E-state index is 5.52. The summed E-state index contributed by atoms with van der Waals surface area (Å²) in [5.74, 6) is 1.44. The lowest BCUT2D eigenvalue weighted by Gasteiger charge is -2.22. The van der Waals surface area contributed by atoms with E-state index in [0.29, 0.717) is 12.0 Å². The van der Waals surface area contributed by atoms with Crippen molar-refractivity contribution in [1.29, 1.82) is 0 Å². The maximum Gasteiger partial charge on any atom is 0.123 e. The lowest BCUT2D eigenvalue weighted by atomic mass is 10.0. The normalized spacial score (nSPS) is 12.7. The third-order valence-electron chi connectivity index (χ3n) is 3.10. The second-order valence-electron chi connectivity index (χ2n) is 4.85. The van der Waals surface area contributed by atoms with Gasteiger partial charge in [0.15, 0.2) is 0 Å². The van der Waals surface area contributed by atoms with Crippen LogP contribution in [0.1, 0.15) is 26.3 Å². The summed E-state index contributed by atoms with van der Waals surface area (Å²) < 4.78 is 12.0. The fraction of sp³-hybridized carbons (Fsp3) is 0.600. The van der Waals surface area contributed by atoms with Gasteiger partial charge in [-0.1, -0.05) is 29.8 Å². The zero-order valence-corrected chi connectivity index (χ0v) is 13.8. The average molecular weight is 330 g/mol. The Kier molecular flexibility index (Phi) is 7.42. The molecule has 0 aromatic heterocycles. The topological polar surface area (TPSA) is 30.5 Å². The van der Waals surface area contributed by atoms with Gasteiger partial charge in [-0.15, -0.1) is 0 Å². The fourth-order valence-corrected chi connectivity index (χ4v) is 2.27. The van der Waals surface area contributed by atoms with Crippen LogP contribution in [0.3, 0.4) is 0 Å². The second-order valence-corrected chi connectivity index (χ2v) is 5.76. The van der Waals surface area contributed by atoms with Crippen molar-refractivity contribution in [2.24, 2.45) is 5.92 Å². The molecule has 1 N–H and O–H groups in total. The van der Waals surface area contributed by atoms with Crippen molar-refractivity contribution in [2.45, 2.75) is 33.4 Å². The Morgan fingerprint density at radius 1 is 1.32 bits per heavy atom. The molecule has 0 bridgehead atoms. The summed E-state index contributed by atoms with van der Waals surface area (Å²) in [6.07, 6.45) is 0. The molecule has 3 nitrogen and oxygen atoms in total. The largest absolute Gasteiger partial charge is 0.496 e. The van der Waals surface area contributed by atoms with E-state index in [-0.39, 0.29) is 0 Å². The minimum absolute atomic E-state index is 0.351. The number of nitrogens with one attached hydrogen (secondary N) is 1. The summed E-state index contributed by atoms with van der Waals surface area (Å²) in [5.41, 5.74) is 1.15. The van der Waals surface area contributed by atoms with Crippen LogP contribution >= 0.6 is 15.9 Å². The Morgan fingerprint density at radius 2 is 2.05 bits per heavy atom. The van der Waals surface area contributed by atoms with Crippen LogP contribution in [-0.2, 0) is 11.3 Å². The summed E-state index contributed by atoms with van der Waals surface area (Å²) in [4.78, 5) is 0. The summed E-state index contributed by atoms with van der Waals surface area (Å²) in [6.45, 7) is 8.70. The first-order chi connectivity index (χ1) is 9.08. The van der Waals surface area contributed by atoms with Gasteiger partial charge in [0.05, 0.1) is 13.7 Å². The SMILES string of the molecule is CCOCC(NCc1cc(Br)ccc1OC)C(C)C. The van der Waals surface area contributed by atoms with Crippen LogP contribution in [-0.4, -0.2) is 26.4 Å². The minimum Gasteiger partial charge on any atom is -0.496 e. The van der Waals surface area contributed by atoms with Crippen molar-refractivity contribution < 1.29 is 9.47 Å². The van der Waals surface area contributed by atoms with E-state index in [4.69, 9.17) is 9.47 Å². The lowest BCUT2D eigenvalue weighted by Crippen LogP contribution is -2.37. The highest BCUT2D eigenvalue weighted by Crippen LogP contribution is 2.23. The zero-order chi connectivity index (χ0) is 14.3. The van der Waals surface area contributed by atoms with Gasteiger partial charge in [0, 0.05) is 29.2 Å². The predicted molar refractivity (Wildman–Crippen MR) is 82.7 cm³/mol. The molecule has 1 aromatic carbocycles. The minimum atomic E-state index is 0.351. The fourth-order valence-electron chi connectivity index (χ4n) is 1.86. The van der Waals surface area contributed by atoms with Gasteiger partial charge in [0.25, 0.3) is 0 Å². The average Bonchev–Trinajstić information content (AvgIpc) is 2.38. The highest BCUT2D eigenvalue weighted by molar-refractivity contribution is 9.10. The van der Waals surface area contributed by atoms with Crippen molar-refractivity contribution in [3.63, 3.8) is 0 Å². The van der Waals surface area contributed by atoms with E-state index in [1.807, 2.05) is 19.1 Å². The Balaban J connectivity index is 2.65. The van der Waals surface area contributed by atoms with Crippen LogP contribution in [0.2, 0.25) is 0 Å². The molecule has 0 amide bonds. The van der Waals surface area contributed by atoms with Crippen molar-refractivity contribution >= 4 is 15.9 Å². The molecule has 108 valence electrons. The van der Waals surface area contributed by atoms with Gasteiger partial charge in [-0.3, -0.25) is 0 Å². The highest BCUT2D eigenvalue weighted by Gasteiger charge is 2.14. The standard InChI is InChI=1S/C15H24BrNO2/c1-5-19-10-14(11(2)3)17-9-12-8-13(16)6-7-15(12)18-4/h6-8,11,14,17H,5,9-10H2,1-4H3. The Hall–Kier alpha value is -0.580. The van der Waals surface area contributed by atoms with Gasteiger partial charge in [-0.25, -0.2) is 0 Å². The Labute approximate surface area is 124 Å². The molecule has 1 unspecified atom stereocenters. The van der Waals surface area contributed by atoms with Crippen LogP contribution in [0.5, 0.6) is 5.75 Å². The van der Waals surface area contributed by atoms with Gasteiger partial charge in [-0.05, 0) is 31.0 Å². The first-order valence-electron chi connectivity index (χ1n) is 6.72. The summed E-state index contributed by atoms with van der Waals surface area (Å²) >= 11 is 3.50. The van der Waals surface area contributed by atoms with E-state index >= 15 is 0 Å². The molecular formula is C15H24BrNO2. The Morgan fingerprint density at radius 3 is 2.63 bits per heavy atom. The van der Waals surface area contributed by atoms with E-state index in [0.717, 1.165) is 35.5 Å². The van der Waals surface area contributed by atoms with Crippen LogP contribution in [0, 0.1) is 5.92 Å². The molecule has 1 rings (SSSR count). The number of hydrogen-bond acceptors (Lipinski definition) is 3. The van der Waals surface area contributed by atoms with Gasteiger partial charge in [-0.2, -0.15) is 0 Å². The predicted octanol–water partition coefficient (Wildman–Crippen LogP) is 3.61. The zero-order valence-electron chi connectivity index (χ0n) is 12.2. The smallest absolute Gasteiger partial charge is 0.123 e. The van der Waals surface area contributed by atoms with E-state index in [1.54, 1.807) is 7.11 Å². The first-order valence-corrected chi connectivity index (χ1v) is 7.51. The monoisotopic (exact) mass is 329 g/mol. The van der Waals surface area contributed by atoms with Gasteiger partial charge >= 0.3 is 0 Å². The van der Waals surface area contributed by atoms with Gasteiger partial charge in [0.2, 0.25) is 0 Å². The molecule has 0 aliphatic carbocycles. The number of halogens is 1. The number of rotatable bonds is 8. The molecule has 0 radical (unpaired) electrons. The molecule has 4 heteroatoms. The maximum atomic E-state index is 5.52. The van der Waals surface area contributed by atoms with Gasteiger partial charge in [0.1, 0.15) is 5.75 Å². The number of ether oxygens (including phenoxy) is 2. The molecule has 1 aromatic rings. The van der Waals surface area contributed by atoms with Crippen LogP contribution < -0.4 is 10.1 Å². The van der Waals surface area contributed by atoms with Crippen LogP contribution in [0.4, 0.5) is 0 Å². The highest BCUT2D eigenvalue weighted by atomic mass is 79.9. The van der Waals surface area contributed by atoms with Crippen LogP contribution in [0.15, 0.2) is 22.7 Å². The first kappa shape index (κ1) is 16.5. The van der Waals surface area contributed by atoms with Crippen molar-refractivity contribution in [3.8, 4) is 5.75 Å². The van der Waals surface area contributed by atoms with Crippen molar-refractivity contribution in [1.82, 2.24) is 5.32 Å². The van der Waals surface area contributed by atoms with E-state index in [9.17, 15) is 0 Å². The summed E-state index contributed by atoms with van der Waals surface area (Å²) in [6, 6.07) is 6.41. The molecule has 0 fully saturated rings. The Bertz CT molecular complexity index is 382. The third-order valence-corrected chi connectivity index (χ3v) is 3.60. The number of hydrogen-bond donors (Lipinski definition) is 1. The van der Waals surface area contributed by atoms with Crippen molar-refractivity contribution in [2.75, 3.05) is 20.3 Å². The molecule has 0 saturated heterocycles. The third kappa shape index (κ3) is 5.51. The summed E-state index contributed by atoms with van der Waals surface area (Å²) in [5, 5.41) is 3.55. The lowest BCUT2D eigenvalue weighted by molar-refractivity contribution is 0.107. The van der Waals surface area contributed by atoms with Gasteiger partial charge < -0.3 is 14.8 Å². The number of methoxy groups -OCH3 is 1. The van der Waals surface area contributed by atoms with E-state index in [1.165, 1.54) is 0 Å². The number of benzene rings is 1. The molecule has 0 aliphatic heterocycles. The molecule has 0 aliphatic rings.